The van der Waals surface area contributed by atoms with E-state index in [9.17, 15) is 15.3 Å². The molecule has 0 amide bonds. The van der Waals surface area contributed by atoms with Crippen molar-refractivity contribution in [2.75, 3.05) is 6.61 Å². The summed E-state index contributed by atoms with van der Waals surface area (Å²) in [6, 6.07) is 0. The second-order valence-corrected chi connectivity index (χ2v) is 7.85. The second kappa shape index (κ2) is 12.7. The van der Waals surface area contributed by atoms with E-state index in [2.05, 4.69) is 13.0 Å². The summed E-state index contributed by atoms with van der Waals surface area (Å²) in [5, 5.41) is 29.6. The molecule has 0 aromatic heterocycles. The molecular weight excluding hydrogens is 328 g/mol. The Labute approximate surface area is 160 Å². The maximum atomic E-state index is 10.2. The molecule has 0 aliphatic heterocycles. The van der Waals surface area contributed by atoms with E-state index in [0.29, 0.717) is 19.3 Å². The second-order valence-electron chi connectivity index (χ2n) is 7.85. The van der Waals surface area contributed by atoms with Gasteiger partial charge in [-0.05, 0) is 71.1 Å². The number of allylic oxidation sites excluding steroid dienone is 3. The smallest absolute Gasteiger partial charge is 0.0643 e. The summed E-state index contributed by atoms with van der Waals surface area (Å²) in [5.74, 6) is 0. The molecule has 1 saturated carbocycles. The minimum absolute atomic E-state index is 0.252. The predicted octanol–water partition coefficient (Wildman–Crippen LogP) is 4.28. The lowest BCUT2D eigenvalue weighted by Crippen LogP contribution is -2.27. The van der Waals surface area contributed by atoms with Crippen LogP contribution in [0.4, 0.5) is 0 Å². The fraction of sp³-hybridized carbons (Fsp3) is 0.818. The van der Waals surface area contributed by atoms with E-state index >= 15 is 0 Å². The van der Waals surface area contributed by atoms with Crippen LogP contribution in [0.1, 0.15) is 85.0 Å². The Balaban J connectivity index is 2.10. The Morgan fingerprint density at radius 2 is 1.81 bits per heavy atom. The molecule has 152 valence electrons. The SMILES string of the molecule is CCC(O)(CC)CCCO[C@H](C)CCC/C=C/C=C1C[C@@H](O)C[C@H](O)C1. The molecule has 0 spiro atoms. The number of hydrogen-bond acceptors (Lipinski definition) is 4. The molecule has 1 rings (SSSR count). The Kier molecular flexibility index (Phi) is 11.4. The van der Waals surface area contributed by atoms with E-state index in [1.807, 2.05) is 26.0 Å². The normalized spacial score (nSPS) is 22.8. The zero-order valence-electron chi connectivity index (χ0n) is 17.0. The highest BCUT2D eigenvalue weighted by molar-refractivity contribution is 5.16. The summed E-state index contributed by atoms with van der Waals surface area (Å²) in [6.07, 6.45) is 14.0. The predicted molar refractivity (Wildman–Crippen MR) is 107 cm³/mol. The van der Waals surface area contributed by atoms with E-state index in [0.717, 1.165) is 57.1 Å². The van der Waals surface area contributed by atoms with Crippen molar-refractivity contribution in [3.63, 3.8) is 0 Å². The highest BCUT2D eigenvalue weighted by atomic mass is 16.5. The number of rotatable bonds is 12. The van der Waals surface area contributed by atoms with Crippen LogP contribution in [0.25, 0.3) is 0 Å². The highest BCUT2D eigenvalue weighted by Gasteiger charge is 2.21. The summed E-state index contributed by atoms with van der Waals surface area (Å²) in [5.41, 5.74) is 0.611. The molecule has 1 fully saturated rings. The molecule has 0 radical (unpaired) electrons. The van der Waals surface area contributed by atoms with Crippen molar-refractivity contribution in [2.45, 2.75) is 109 Å². The first-order chi connectivity index (χ1) is 12.4. The quantitative estimate of drug-likeness (QED) is 0.450. The highest BCUT2D eigenvalue weighted by Crippen LogP contribution is 2.24. The third kappa shape index (κ3) is 9.86. The van der Waals surface area contributed by atoms with Crippen LogP contribution < -0.4 is 0 Å². The summed E-state index contributed by atoms with van der Waals surface area (Å²) in [6.45, 7) is 6.91. The van der Waals surface area contributed by atoms with Crippen LogP contribution in [0, 0.1) is 0 Å². The first kappa shape index (κ1) is 23.4. The van der Waals surface area contributed by atoms with Crippen molar-refractivity contribution >= 4 is 0 Å². The van der Waals surface area contributed by atoms with E-state index in [4.69, 9.17) is 4.74 Å². The van der Waals surface area contributed by atoms with E-state index < -0.39 is 17.8 Å². The molecule has 0 saturated heterocycles. The van der Waals surface area contributed by atoms with E-state index in [1.54, 1.807) is 0 Å². The maximum Gasteiger partial charge on any atom is 0.0643 e. The maximum absolute atomic E-state index is 10.2. The van der Waals surface area contributed by atoms with Gasteiger partial charge in [-0.1, -0.05) is 37.6 Å². The van der Waals surface area contributed by atoms with Gasteiger partial charge in [0.15, 0.2) is 0 Å². The first-order valence-electron chi connectivity index (χ1n) is 10.4. The molecule has 4 nitrogen and oxygen atoms in total. The van der Waals surface area contributed by atoms with E-state index in [1.165, 1.54) is 0 Å². The molecule has 4 heteroatoms. The molecule has 1 aliphatic rings. The van der Waals surface area contributed by atoms with Gasteiger partial charge in [0.05, 0.1) is 23.9 Å². The lowest BCUT2D eigenvalue weighted by molar-refractivity contribution is 0.00226. The minimum atomic E-state index is -0.518. The van der Waals surface area contributed by atoms with Crippen molar-refractivity contribution in [1.29, 1.82) is 0 Å². The molecule has 0 aromatic carbocycles. The Hall–Kier alpha value is -0.680. The molecular formula is C22H40O4. The monoisotopic (exact) mass is 368 g/mol. The average Bonchev–Trinajstić information content (AvgIpc) is 2.60. The molecule has 0 bridgehead atoms. The number of aliphatic hydroxyl groups excluding tert-OH is 2. The van der Waals surface area contributed by atoms with E-state index in [-0.39, 0.29) is 6.10 Å². The lowest BCUT2D eigenvalue weighted by atomic mass is 9.90. The molecule has 0 unspecified atom stereocenters. The van der Waals surface area contributed by atoms with Gasteiger partial charge in [0.2, 0.25) is 0 Å². The van der Waals surface area contributed by atoms with Crippen LogP contribution in [0.5, 0.6) is 0 Å². The molecule has 0 heterocycles. The van der Waals surface area contributed by atoms with Gasteiger partial charge in [-0.2, -0.15) is 0 Å². The van der Waals surface area contributed by atoms with Crippen LogP contribution in [-0.4, -0.2) is 45.8 Å². The molecule has 3 atom stereocenters. The van der Waals surface area contributed by atoms with Crippen molar-refractivity contribution in [3.8, 4) is 0 Å². The summed E-state index contributed by atoms with van der Waals surface area (Å²) in [7, 11) is 0. The number of aliphatic hydroxyl groups is 3. The molecule has 26 heavy (non-hydrogen) atoms. The van der Waals surface area contributed by atoms with Crippen LogP contribution in [0.3, 0.4) is 0 Å². The number of unbranched alkanes of at least 4 members (excludes halogenated alkanes) is 1. The van der Waals surface area contributed by atoms with Crippen LogP contribution >= 0.6 is 0 Å². The third-order valence-electron chi connectivity index (χ3n) is 5.49. The van der Waals surface area contributed by atoms with Crippen molar-refractivity contribution in [1.82, 2.24) is 0 Å². The van der Waals surface area contributed by atoms with Gasteiger partial charge in [-0.25, -0.2) is 0 Å². The number of hydrogen-bond donors (Lipinski definition) is 3. The summed E-state index contributed by atoms with van der Waals surface area (Å²) in [4.78, 5) is 0. The zero-order chi connectivity index (χ0) is 19.4. The van der Waals surface area contributed by atoms with Crippen molar-refractivity contribution in [3.05, 3.63) is 23.8 Å². The Morgan fingerprint density at radius 1 is 1.15 bits per heavy atom. The summed E-state index contributed by atoms with van der Waals surface area (Å²) < 4.78 is 5.85. The first-order valence-corrected chi connectivity index (χ1v) is 10.4. The fourth-order valence-corrected chi connectivity index (χ4v) is 3.50. The van der Waals surface area contributed by atoms with Gasteiger partial charge in [-0.3, -0.25) is 0 Å². The van der Waals surface area contributed by atoms with Gasteiger partial charge in [0.1, 0.15) is 0 Å². The topological polar surface area (TPSA) is 69.9 Å². The molecule has 3 N–H and O–H groups in total. The Bertz CT molecular complexity index is 414. The molecule has 0 aromatic rings. The van der Waals surface area contributed by atoms with Crippen molar-refractivity contribution in [2.24, 2.45) is 0 Å². The average molecular weight is 369 g/mol. The van der Waals surface area contributed by atoms with Gasteiger partial charge in [0, 0.05) is 6.61 Å². The standard InChI is InChI=1S/C22H40O4/c1-4-22(25,5-2)13-10-14-26-18(3)11-8-6-7-9-12-19-15-20(23)17-21(24)16-19/h7,9,12,18,20-21,23-25H,4-6,8,10-11,13-17H2,1-3H3/b9-7+/t18-,20-,21-/m1/s1. The van der Waals surface area contributed by atoms with Crippen LogP contribution in [-0.2, 0) is 4.74 Å². The summed E-state index contributed by atoms with van der Waals surface area (Å²) >= 11 is 0. The van der Waals surface area contributed by atoms with Gasteiger partial charge >= 0.3 is 0 Å². The number of ether oxygens (including phenoxy) is 1. The van der Waals surface area contributed by atoms with Gasteiger partial charge in [-0.15, -0.1) is 0 Å². The lowest BCUT2D eigenvalue weighted by Gasteiger charge is -2.25. The zero-order valence-corrected chi connectivity index (χ0v) is 17.0. The van der Waals surface area contributed by atoms with Crippen LogP contribution in [0.2, 0.25) is 0 Å². The Morgan fingerprint density at radius 3 is 2.42 bits per heavy atom. The minimum Gasteiger partial charge on any atom is -0.393 e. The fourth-order valence-electron chi connectivity index (χ4n) is 3.50. The molecule has 1 aliphatic carbocycles. The van der Waals surface area contributed by atoms with Gasteiger partial charge < -0.3 is 20.1 Å². The largest absolute Gasteiger partial charge is 0.393 e. The van der Waals surface area contributed by atoms with Crippen molar-refractivity contribution < 1.29 is 20.1 Å². The van der Waals surface area contributed by atoms with Gasteiger partial charge in [0.25, 0.3) is 0 Å². The third-order valence-corrected chi connectivity index (χ3v) is 5.49. The van der Waals surface area contributed by atoms with Crippen LogP contribution in [0.15, 0.2) is 23.8 Å².